The predicted octanol–water partition coefficient (Wildman–Crippen LogP) is 4.60. The van der Waals surface area contributed by atoms with E-state index in [9.17, 15) is 4.79 Å². The molecule has 1 atom stereocenters. The molecule has 1 unspecified atom stereocenters. The molecule has 174 valence electrons. The molecule has 2 aromatic rings. The summed E-state index contributed by atoms with van der Waals surface area (Å²) in [6, 6.07) is 15.8. The molecule has 1 aliphatic rings. The number of morpholine rings is 1. The molecule has 0 saturated carbocycles. The standard InChI is InChI=1S/C26H37N3O3/c1-19(2)28-26(4,5)18-20(3)27-25(30)21-10-12-22(13-11-21)32-24-9-7-6-8-23(24)29-14-16-31-17-15-29/h6-13,19-20,28H,14-18H2,1-5H3,(H,27,30). The highest BCUT2D eigenvalue weighted by Crippen LogP contribution is 2.32. The van der Waals surface area contributed by atoms with E-state index in [1.807, 2.05) is 49.4 Å². The predicted molar refractivity (Wildman–Crippen MR) is 130 cm³/mol. The highest BCUT2D eigenvalue weighted by atomic mass is 16.5. The normalized spacial score (nSPS) is 15.5. The van der Waals surface area contributed by atoms with Gasteiger partial charge in [0, 0.05) is 36.3 Å². The molecule has 0 bridgehead atoms. The average molecular weight is 440 g/mol. The van der Waals surface area contributed by atoms with E-state index in [2.05, 4.69) is 49.3 Å². The lowest BCUT2D eigenvalue weighted by molar-refractivity contribution is 0.0932. The van der Waals surface area contributed by atoms with Crippen LogP contribution in [0.2, 0.25) is 0 Å². The maximum Gasteiger partial charge on any atom is 0.251 e. The van der Waals surface area contributed by atoms with Gasteiger partial charge in [0.1, 0.15) is 5.75 Å². The van der Waals surface area contributed by atoms with Crippen LogP contribution in [0.15, 0.2) is 48.5 Å². The Labute approximate surface area is 192 Å². The Balaban J connectivity index is 1.60. The van der Waals surface area contributed by atoms with Crippen LogP contribution in [-0.4, -0.2) is 49.8 Å². The first kappa shape index (κ1) is 24.1. The van der Waals surface area contributed by atoms with Gasteiger partial charge in [-0.15, -0.1) is 0 Å². The van der Waals surface area contributed by atoms with Crippen molar-refractivity contribution in [2.75, 3.05) is 31.2 Å². The molecule has 1 saturated heterocycles. The summed E-state index contributed by atoms with van der Waals surface area (Å²) in [5.74, 6) is 1.44. The van der Waals surface area contributed by atoms with Crippen molar-refractivity contribution in [3.63, 3.8) is 0 Å². The number of ether oxygens (including phenoxy) is 2. The average Bonchev–Trinajstić information content (AvgIpc) is 2.73. The lowest BCUT2D eigenvalue weighted by Crippen LogP contribution is -2.48. The third-order valence-electron chi connectivity index (χ3n) is 5.43. The molecule has 1 aliphatic heterocycles. The number of amides is 1. The van der Waals surface area contributed by atoms with Crippen molar-refractivity contribution < 1.29 is 14.3 Å². The zero-order chi connectivity index (χ0) is 23.1. The summed E-state index contributed by atoms with van der Waals surface area (Å²) >= 11 is 0. The molecule has 2 N–H and O–H groups in total. The van der Waals surface area contributed by atoms with Gasteiger partial charge < -0.3 is 25.0 Å². The summed E-state index contributed by atoms with van der Waals surface area (Å²) in [5, 5.41) is 6.65. The smallest absolute Gasteiger partial charge is 0.251 e. The van der Waals surface area contributed by atoms with Gasteiger partial charge in [-0.3, -0.25) is 4.79 Å². The van der Waals surface area contributed by atoms with Crippen LogP contribution in [0.1, 0.15) is 51.4 Å². The fraction of sp³-hybridized carbons (Fsp3) is 0.500. The van der Waals surface area contributed by atoms with Crippen molar-refractivity contribution >= 4 is 11.6 Å². The fourth-order valence-electron chi connectivity index (χ4n) is 4.37. The quantitative estimate of drug-likeness (QED) is 0.598. The van der Waals surface area contributed by atoms with Gasteiger partial charge in [-0.25, -0.2) is 0 Å². The zero-order valence-corrected chi connectivity index (χ0v) is 20.0. The van der Waals surface area contributed by atoms with Gasteiger partial charge >= 0.3 is 0 Å². The van der Waals surface area contributed by atoms with Gasteiger partial charge in [0.15, 0.2) is 5.75 Å². The second kappa shape index (κ2) is 10.8. The summed E-state index contributed by atoms with van der Waals surface area (Å²) in [7, 11) is 0. The molecule has 0 spiro atoms. The Morgan fingerprint density at radius 2 is 1.72 bits per heavy atom. The third kappa shape index (κ3) is 6.97. The number of benzene rings is 2. The molecule has 0 aliphatic carbocycles. The molecule has 1 fully saturated rings. The van der Waals surface area contributed by atoms with E-state index < -0.39 is 0 Å². The van der Waals surface area contributed by atoms with Crippen LogP contribution in [0.5, 0.6) is 11.5 Å². The summed E-state index contributed by atoms with van der Waals surface area (Å²) in [6.45, 7) is 13.8. The van der Waals surface area contributed by atoms with E-state index in [0.29, 0.717) is 17.4 Å². The number of hydrogen-bond acceptors (Lipinski definition) is 5. The molecular formula is C26H37N3O3. The van der Waals surface area contributed by atoms with Gasteiger partial charge in [0.25, 0.3) is 5.91 Å². The number of nitrogens with one attached hydrogen (secondary N) is 2. The van der Waals surface area contributed by atoms with Crippen molar-refractivity contribution in [2.24, 2.45) is 0 Å². The zero-order valence-electron chi connectivity index (χ0n) is 20.0. The van der Waals surface area contributed by atoms with Crippen molar-refractivity contribution in [1.82, 2.24) is 10.6 Å². The van der Waals surface area contributed by atoms with Crippen LogP contribution in [-0.2, 0) is 4.74 Å². The van der Waals surface area contributed by atoms with Crippen molar-refractivity contribution in [2.45, 2.75) is 58.7 Å². The first-order valence-corrected chi connectivity index (χ1v) is 11.5. The molecule has 6 heteroatoms. The minimum atomic E-state index is -0.0712. The summed E-state index contributed by atoms with van der Waals surface area (Å²) < 4.78 is 11.6. The third-order valence-corrected chi connectivity index (χ3v) is 5.43. The van der Waals surface area contributed by atoms with Crippen molar-refractivity contribution in [1.29, 1.82) is 0 Å². The van der Waals surface area contributed by atoms with Crippen LogP contribution in [0.25, 0.3) is 0 Å². The fourth-order valence-corrected chi connectivity index (χ4v) is 4.37. The Morgan fingerprint density at radius 1 is 1.06 bits per heavy atom. The highest BCUT2D eigenvalue weighted by Gasteiger charge is 2.23. The molecule has 6 nitrogen and oxygen atoms in total. The van der Waals surface area contributed by atoms with Gasteiger partial charge in [0.05, 0.1) is 18.9 Å². The number of carbonyl (C=O) groups is 1. The Bertz CT molecular complexity index is 874. The van der Waals surface area contributed by atoms with Crippen molar-refractivity contribution in [3.8, 4) is 11.5 Å². The van der Waals surface area contributed by atoms with Gasteiger partial charge in [0.2, 0.25) is 0 Å². The second-order valence-electron chi connectivity index (χ2n) is 9.46. The van der Waals surface area contributed by atoms with Crippen molar-refractivity contribution in [3.05, 3.63) is 54.1 Å². The largest absolute Gasteiger partial charge is 0.455 e. The molecular weight excluding hydrogens is 402 g/mol. The van der Waals surface area contributed by atoms with E-state index in [1.54, 1.807) is 0 Å². The molecule has 32 heavy (non-hydrogen) atoms. The van der Waals surface area contributed by atoms with Crippen LogP contribution in [0, 0.1) is 0 Å². The minimum absolute atomic E-state index is 0.0492. The number of rotatable bonds is 9. The summed E-state index contributed by atoms with van der Waals surface area (Å²) in [4.78, 5) is 15.0. The van der Waals surface area contributed by atoms with Gasteiger partial charge in [-0.2, -0.15) is 0 Å². The van der Waals surface area contributed by atoms with E-state index >= 15 is 0 Å². The van der Waals surface area contributed by atoms with Gasteiger partial charge in [-0.1, -0.05) is 26.0 Å². The molecule has 2 aromatic carbocycles. The lowest BCUT2D eigenvalue weighted by Gasteiger charge is -2.32. The highest BCUT2D eigenvalue weighted by molar-refractivity contribution is 5.94. The minimum Gasteiger partial charge on any atom is -0.455 e. The SMILES string of the molecule is CC(C)NC(C)(C)CC(C)NC(=O)c1ccc(Oc2ccccc2N2CCOCC2)cc1. The van der Waals surface area contributed by atoms with Crippen LogP contribution in [0.3, 0.4) is 0 Å². The number of anilines is 1. The lowest BCUT2D eigenvalue weighted by atomic mass is 9.95. The molecule has 0 aromatic heterocycles. The number of carbonyl (C=O) groups excluding carboxylic acids is 1. The summed E-state index contributed by atoms with van der Waals surface area (Å²) in [6.07, 6.45) is 0.844. The number of nitrogens with zero attached hydrogens (tertiary/aromatic N) is 1. The maximum atomic E-state index is 12.7. The maximum absolute atomic E-state index is 12.7. The Morgan fingerprint density at radius 3 is 2.38 bits per heavy atom. The summed E-state index contributed by atoms with van der Waals surface area (Å²) in [5.41, 5.74) is 1.64. The van der Waals surface area contributed by atoms with Crippen LogP contribution < -0.4 is 20.3 Å². The molecule has 0 radical (unpaired) electrons. The molecule has 1 heterocycles. The van der Waals surface area contributed by atoms with E-state index in [0.717, 1.165) is 44.2 Å². The number of hydrogen-bond donors (Lipinski definition) is 2. The molecule has 1 amide bonds. The topological polar surface area (TPSA) is 62.8 Å². The molecule has 3 rings (SSSR count). The first-order valence-electron chi connectivity index (χ1n) is 11.5. The van der Waals surface area contributed by atoms with Gasteiger partial charge in [-0.05, 0) is 63.6 Å². The second-order valence-corrected chi connectivity index (χ2v) is 9.46. The first-order chi connectivity index (χ1) is 15.2. The monoisotopic (exact) mass is 439 g/mol. The van der Waals surface area contributed by atoms with E-state index in [1.165, 1.54) is 0 Å². The Hall–Kier alpha value is -2.57. The Kier molecular flexibility index (Phi) is 8.15. The van der Waals surface area contributed by atoms with Crippen LogP contribution >= 0.6 is 0 Å². The van der Waals surface area contributed by atoms with E-state index in [4.69, 9.17) is 9.47 Å². The van der Waals surface area contributed by atoms with E-state index in [-0.39, 0.29) is 17.5 Å². The number of para-hydroxylation sites is 2. The van der Waals surface area contributed by atoms with Crippen LogP contribution in [0.4, 0.5) is 5.69 Å².